The Morgan fingerprint density at radius 3 is 2.73 bits per heavy atom. The smallest absolute Gasteiger partial charge is 0.316 e. The van der Waals surface area contributed by atoms with Gasteiger partial charge in [-0.2, -0.15) is 0 Å². The lowest BCUT2D eigenvalue weighted by molar-refractivity contribution is 0.187. The second-order valence-electron chi connectivity index (χ2n) is 2.50. The zero-order chi connectivity index (χ0) is 7.56. The van der Waals surface area contributed by atoms with E-state index in [1.807, 2.05) is 6.92 Å². The van der Waals surface area contributed by atoms with Crippen LogP contribution in [-0.4, -0.2) is 35.9 Å². The maximum atomic E-state index is 10.7. The van der Waals surface area contributed by atoms with Gasteiger partial charge in [0.15, 0.2) is 0 Å². The second-order valence-corrected chi connectivity index (χ2v) is 2.82. The quantitative estimate of drug-likeness (QED) is 0.467. The van der Waals surface area contributed by atoms with Crippen molar-refractivity contribution in [2.75, 3.05) is 19.6 Å². The van der Waals surface area contributed by atoms with Gasteiger partial charge in [0, 0.05) is 25.7 Å². The molecule has 1 fully saturated rings. The molecule has 1 N–H and O–H groups in total. The Kier molecular flexibility index (Phi) is 4.81. The van der Waals surface area contributed by atoms with Crippen molar-refractivity contribution in [3.63, 3.8) is 0 Å². The fraction of sp³-hybridized carbons (Fsp3) is 0.833. The standard InChI is InChI=1S/C6H11ClN2O.ClH/c1-5-4-8-2-3-9(5)6(7)10;/h5,8H,2-4H2,1H3;1H. The molecule has 5 heteroatoms. The first kappa shape index (κ1) is 11.0. The first-order chi connectivity index (χ1) is 4.72. The summed E-state index contributed by atoms with van der Waals surface area (Å²) in [6.07, 6.45) is 0. The molecule has 1 aliphatic heterocycles. The molecular weight excluding hydrogens is 187 g/mol. The molecule has 0 aliphatic carbocycles. The SMILES string of the molecule is CC1CNCCN1C(=O)Cl.Cl. The Morgan fingerprint density at radius 2 is 2.36 bits per heavy atom. The van der Waals surface area contributed by atoms with Crippen LogP contribution in [0.4, 0.5) is 4.79 Å². The van der Waals surface area contributed by atoms with Crippen LogP contribution in [0.1, 0.15) is 6.92 Å². The molecule has 0 aromatic heterocycles. The first-order valence-corrected chi connectivity index (χ1v) is 3.76. The zero-order valence-electron chi connectivity index (χ0n) is 6.34. The summed E-state index contributed by atoms with van der Waals surface area (Å²) in [7, 11) is 0. The third-order valence-corrected chi connectivity index (χ3v) is 1.94. The van der Waals surface area contributed by atoms with Crippen LogP contribution in [0, 0.1) is 0 Å². The molecule has 1 aliphatic rings. The molecule has 0 aromatic carbocycles. The highest BCUT2D eigenvalue weighted by atomic mass is 35.5. The molecule has 66 valence electrons. The van der Waals surface area contributed by atoms with Crippen LogP contribution >= 0.6 is 24.0 Å². The van der Waals surface area contributed by atoms with Crippen LogP contribution < -0.4 is 5.32 Å². The second kappa shape index (κ2) is 4.80. The highest BCUT2D eigenvalue weighted by molar-refractivity contribution is 6.62. The summed E-state index contributed by atoms with van der Waals surface area (Å²) in [6, 6.07) is 0.235. The summed E-state index contributed by atoms with van der Waals surface area (Å²) in [6.45, 7) is 4.40. The lowest BCUT2D eigenvalue weighted by Crippen LogP contribution is -2.50. The van der Waals surface area contributed by atoms with E-state index >= 15 is 0 Å². The minimum absolute atomic E-state index is 0. The molecule has 0 radical (unpaired) electrons. The lowest BCUT2D eigenvalue weighted by atomic mass is 10.2. The van der Waals surface area contributed by atoms with E-state index < -0.39 is 0 Å². The fourth-order valence-electron chi connectivity index (χ4n) is 1.10. The molecule has 0 aromatic rings. The average molecular weight is 199 g/mol. The van der Waals surface area contributed by atoms with Crippen LogP contribution in [-0.2, 0) is 0 Å². The van der Waals surface area contributed by atoms with Crippen molar-refractivity contribution < 1.29 is 4.79 Å². The molecule has 3 nitrogen and oxygen atoms in total. The molecule has 1 rings (SSSR count). The maximum absolute atomic E-state index is 10.7. The van der Waals surface area contributed by atoms with Crippen LogP contribution in [0.25, 0.3) is 0 Å². The highest BCUT2D eigenvalue weighted by Gasteiger charge is 2.20. The monoisotopic (exact) mass is 198 g/mol. The average Bonchev–Trinajstić information content (AvgIpc) is 1.88. The van der Waals surface area contributed by atoms with Crippen molar-refractivity contribution in [3.8, 4) is 0 Å². The topological polar surface area (TPSA) is 32.3 Å². The van der Waals surface area contributed by atoms with E-state index in [2.05, 4.69) is 5.32 Å². The summed E-state index contributed by atoms with van der Waals surface area (Å²) in [4.78, 5) is 12.3. The summed E-state index contributed by atoms with van der Waals surface area (Å²) >= 11 is 5.31. The summed E-state index contributed by atoms with van der Waals surface area (Å²) in [5, 5.41) is 2.83. The zero-order valence-corrected chi connectivity index (χ0v) is 7.91. The van der Waals surface area contributed by atoms with Gasteiger partial charge in [0.2, 0.25) is 0 Å². The van der Waals surface area contributed by atoms with Crippen LogP contribution in [0.15, 0.2) is 0 Å². The number of hydrogen-bond donors (Lipinski definition) is 1. The van der Waals surface area contributed by atoms with Gasteiger partial charge in [-0.15, -0.1) is 12.4 Å². The van der Waals surface area contributed by atoms with E-state index in [9.17, 15) is 4.79 Å². The van der Waals surface area contributed by atoms with Crippen LogP contribution in [0.3, 0.4) is 0 Å². The normalized spacial score (nSPS) is 24.2. The van der Waals surface area contributed by atoms with E-state index in [-0.39, 0.29) is 23.8 Å². The molecule has 11 heavy (non-hydrogen) atoms. The third kappa shape index (κ3) is 2.85. The molecule has 1 amide bonds. The van der Waals surface area contributed by atoms with Gasteiger partial charge in [0.1, 0.15) is 0 Å². The van der Waals surface area contributed by atoms with E-state index in [1.165, 1.54) is 0 Å². The van der Waals surface area contributed by atoms with Gasteiger partial charge in [-0.3, -0.25) is 4.79 Å². The van der Waals surface area contributed by atoms with Gasteiger partial charge in [-0.1, -0.05) is 0 Å². The number of rotatable bonds is 0. The molecular formula is C6H12Cl2N2O. The predicted octanol–water partition coefficient (Wildman–Crippen LogP) is 1.06. The molecule has 1 saturated heterocycles. The fourth-order valence-corrected chi connectivity index (χ4v) is 1.35. The molecule has 1 atom stereocenters. The van der Waals surface area contributed by atoms with Gasteiger partial charge in [0.25, 0.3) is 0 Å². The Hall–Kier alpha value is 0.01000. The third-order valence-electron chi connectivity index (χ3n) is 1.73. The van der Waals surface area contributed by atoms with E-state index in [0.29, 0.717) is 0 Å². The number of carbonyl (C=O) groups excluding carboxylic acids is 1. The maximum Gasteiger partial charge on any atom is 0.316 e. The Balaban J connectivity index is 0.000001000. The van der Waals surface area contributed by atoms with Crippen molar-refractivity contribution >= 4 is 29.4 Å². The van der Waals surface area contributed by atoms with Crippen LogP contribution in [0.2, 0.25) is 0 Å². The molecule has 1 unspecified atom stereocenters. The summed E-state index contributed by atoms with van der Waals surface area (Å²) in [5.74, 6) is 0. The highest BCUT2D eigenvalue weighted by Crippen LogP contribution is 2.05. The van der Waals surface area contributed by atoms with Crippen molar-refractivity contribution in [2.24, 2.45) is 0 Å². The van der Waals surface area contributed by atoms with Gasteiger partial charge >= 0.3 is 5.37 Å². The van der Waals surface area contributed by atoms with Crippen molar-refractivity contribution in [2.45, 2.75) is 13.0 Å². The van der Waals surface area contributed by atoms with Crippen LogP contribution in [0.5, 0.6) is 0 Å². The number of carbonyl (C=O) groups is 1. The van der Waals surface area contributed by atoms with E-state index in [1.54, 1.807) is 4.90 Å². The number of piperazine rings is 1. The Morgan fingerprint density at radius 1 is 1.73 bits per heavy atom. The number of hydrogen-bond acceptors (Lipinski definition) is 2. The van der Waals surface area contributed by atoms with E-state index in [4.69, 9.17) is 11.6 Å². The van der Waals surface area contributed by atoms with Crippen molar-refractivity contribution in [1.82, 2.24) is 10.2 Å². The molecule has 0 spiro atoms. The van der Waals surface area contributed by atoms with Crippen molar-refractivity contribution in [3.05, 3.63) is 0 Å². The number of halogens is 2. The number of nitrogens with zero attached hydrogens (tertiary/aromatic N) is 1. The minimum atomic E-state index is -0.339. The molecule has 0 saturated carbocycles. The van der Waals surface area contributed by atoms with Crippen molar-refractivity contribution in [1.29, 1.82) is 0 Å². The number of amides is 1. The van der Waals surface area contributed by atoms with Gasteiger partial charge < -0.3 is 10.2 Å². The Bertz CT molecular complexity index is 143. The van der Waals surface area contributed by atoms with Gasteiger partial charge in [0.05, 0.1) is 0 Å². The largest absolute Gasteiger partial charge is 0.324 e. The first-order valence-electron chi connectivity index (χ1n) is 3.38. The summed E-state index contributed by atoms with van der Waals surface area (Å²) < 4.78 is 0. The molecule has 0 bridgehead atoms. The van der Waals surface area contributed by atoms with E-state index in [0.717, 1.165) is 19.6 Å². The van der Waals surface area contributed by atoms with Gasteiger partial charge in [-0.05, 0) is 18.5 Å². The lowest BCUT2D eigenvalue weighted by Gasteiger charge is -2.31. The molecule has 1 heterocycles. The number of nitrogens with one attached hydrogen (secondary N) is 1. The predicted molar refractivity (Wildman–Crippen MR) is 47.5 cm³/mol. The van der Waals surface area contributed by atoms with Gasteiger partial charge in [-0.25, -0.2) is 0 Å². The summed E-state index contributed by atoms with van der Waals surface area (Å²) in [5.41, 5.74) is 0. The minimum Gasteiger partial charge on any atom is -0.324 e. The Labute approximate surface area is 77.5 Å².